The molecule has 0 aliphatic carbocycles. The number of hydrogen-bond acceptors (Lipinski definition) is 2. The first-order valence-corrected chi connectivity index (χ1v) is 7.91. The molecule has 3 amide bonds. The van der Waals surface area contributed by atoms with Crippen LogP contribution >= 0.6 is 11.6 Å². The summed E-state index contributed by atoms with van der Waals surface area (Å²) in [5.41, 5.74) is 8.70. The Morgan fingerprint density at radius 3 is 2.33 bits per heavy atom. The number of carbonyl (C=O) groups excluding carboxylic acids is 2. The number of carbonyl (C=O) groups is 2. The molecule has 6 heteroatoms. The van der Waals surface area contributed by atoms with Crippen molar-refractivity contribution in [2.45, 2.75) is 26.3 Å². The molecule has 0 fully saturated rings. The maximum Gasteiger partial charge on any atom is 0.312 e. The second-order valence-corrected chi connectivity index (χ2v) is 6.12. The van der Waals surface area contributed by atoms with Crippen molar-refractivity contribution >= 4 is 29.2 Å². The van der Waals surface area contributed by atoms with Crippen LogP contribution in [0.5, 0.6) is 0 Å². The summed E-state index contributed by atoms with van der Waals surface area (Å²) in [4.78, 5) is 23.6. The smallest absolute Gasteiger partial charge is 0.312 e. The molecule has 2 aromatic rings. The molecule has 0 spiro atoms. The van der Waals surface area contributed by atoms with Gasteiger partial charge in [-0.3, -0.25) is 4.79 Å². The summed E-state index contributed by atoms with van der Waals surface area (Å²) in [7, 11) is 0. The molecule has 2 rings (SSSR count). The largest absolute Gasteiger partial charge is 0.352 e. The molecule has 2 aromatic carbocycles. The number of primary amides is 1. The fraction of sp³-hybridized carbons (Fsp3) is 0.222. The van der Waals surface area contributed by atoms with E-state index in [1.807, 2.05) is 32.0 Å². The van der Waals surface area contributed by atoms with Crippen molar-refractivity contribution in [1.29, 1.82) is 0 Å². The van der Waals surface area contributed by atoms with Gasteiger partial charge in [0.2, 0.25) is 5.91 Å². The van der Waals surface area contributed by atoms with Crippen LogP contribution < -0.4 is 16.4 Å². The van der Waals surface area contributed by atoms with Crippen LogP contribution in [0.25, 0.3) is 0 Å². The third-order valence-electron chi connectivity index (χ3n) is 3.49. The summed E-state index contributed by atoms with van der Waals surface area (Å²) >= 11 is 6.16. The van der Waals surface area contributed by atoms with Crippen molar-refractivity contribution in [3.8, 4) is 0 Å². The molecular weight excluding hydrogens is 326 g/mol. The van der Waals surface area contributed by atoms with Crippen LogP contribution in [0.1, 0.15) is 29.2 Å². The predicted molar refractivity (Wildman–Crippen MR) is 96.1 cm³/mol. The van der Waals surface area contributed by atoms with Gasteiger partial charge in [-0.05, 0) is 48.7 Å². The average molecular weight is 346 g/mol. The van der Waals surface area contributed by atoms with Gasteiger partial charge in [-0.1, -0.05) is 35.9 Å². The van der Waals surface area contributed by atoms with E-state index in [9.17, 15) is 9.59 Å². The molecule has 0 saturated carbocycles. The first-order chi connectivity index (χ1) is 11.3. The number of aryl methyl sites for hydroxylation is 2. The number of anilines is 1. The molecule has 0 radical (unpaired) electrons. The molecule has 126 valence electrons. The highest BCUT2D eigenvalue weighted by molar-refractivity contribution is 6.31. The van der Waals surface area contributed by atoms with Gasteiger partial charge in [0.1, 0.15) is 0 Å². The Bertz CT molecular complexity index is 741. The average Bonchev–Trinajstić information content (AvgIpc) is 2.45. The van der Waals surface area contributed by atoms with E-state index in [0.717, 1.165) is 16.8 Å². The zero-order valence-corrected chi connectivity index (χ0v) is 14.4. The van der Waals surface area contributed by atoms with Crippen LogP contribution in [0.3, 0.4) is 0 Å². The summed E-state index contributed by atoms with van der Waals surface area (Å²) in [5, 5.41) is 5.88. The number of urea groups is 1. The van der Waals surface area contributed by atoms with Crippen LogP contribution in [0.15, 0.2) is 42.5 Å². The highest BCUT2D eigenvalue weighted by Crippen LogP contribution is 2.25. The minimum absolute atomic E-state index is 0.0274. The molecule has 0 heterocycles. The standard InChI is InChI=1S/C18H20ClN3O2/c1-11-7-12(2)9-13(8-11)21-17(23)10-16(22-18(20)24)14-5-3-4-6-15(14)19/h3-9,16H,10H2,1-2H3,(H,21,23)(H3,20,22,24). The lowest BCUT2D eigenvalue weighted by atomic mass is 10.0. The molecule has 5 nitrogen and oxygen atoms in total. The fourth-order valence-electron chi connectivity index (χ4n) is 2.61. The second-order valence-electron chi connectivity index (χ2n) is 5.71. The molecular formula is C18H20ClN3O2. The monoisotopic (exact) mass is 345 g/mol. The third kappa shape index (κ3) is 4.99. The Kier molecular flexibility index (Phi) is 5.82. The third-order valence-corrected chi connectivity index (χ3v) is 3.84. The fourth-order valence-corrected chi connectivity index (χ4v) is 2.88. The Labute approximate surface area is 146 Å². The first-order valence-electron chi connectivity index (χ1n) is 7.53. The number of rotatable bonds is 5. The summed E-state index contributed by atoms with van der Waals surface area (Å²) in [5.74, 6) is -0.237. The maximum absolute atomic E-state index is 12.4. The van der Waals surface area contributed by atoms with E-state index in [-0.39, 0.29) is 12.3 Å². The van der Waals surface area contributed by atoms with Crippen LogP contribution in [0, 0.1) is 13.8 Å². The van der Waals surface area contributed by atoms with Gasteiger partial charge in [-0.25, -0.2) is 4.79 Å². The zero-order chi connectivity index (χ0) is 17.7. The molecule has 1 unspecified atom stereocenters. The summed E-state index contributed by atoms with van der Waals surface area (Å²) in [6, 6.07) is 11.5. The lowest BCUT2D eigenvalue weighted by molar-refractivity contribution is -0.116. The zero-order valence-electron chi connectivity index (χ0n) is 13.6. The minimum atomic E-state index is -0.709. The SMILES string of the molecule is Cc1cc(C)cc(NC(=O)CC(NC(N)=O)c2ccccc2Cl)c1. The summed E-state index contributed by atoms with van der Waals surface area (Å²) in [6.45, 7) is 3.92. The van der Waals surface area contributed by atoms with Crippen LogP contribution in [-0.2, 0) is 4.79 Å². The number of nitrogens with two attached hydrogens (primary N) is 1. The summed E-state index contributed by atoms with van der Waals surface area (Å²) in [6.07, 6.45) is 0.0274. The van der Waals surface area contributed by atoms with E-state index < -0.39 is 12.1 Å². The van der Waals surface area contributed by atoms with Crippen molar-refractivity contribution in [3.05, 3.63) is 64.2 Å². The first kappa shape index (κ1) is 17.8. The number of halogens is 1. The van der Waals surface area contributed by atoms with Crippen molar-refractivity contribution in [1.82, 2.24) is 5.32 Å². The predicted octanol–water partition coefficient (Wildman–Crippen LogP) is 3.70. The van der Waals surface area contributed by atoms with Crippen molar-refractivity contribution in [3.63, 3.8) is 0 Å². The molecule has 4 N–H and O–H groups in total. The Hall–Kier alpha value is -2.53. The lowest BCUT2D eigenvalue weighted by Crippen LogP contribution is -2.35. The molecule has 0 aromatic heterocycles. The number of amides is 3. The van der Waals surface area contributed by atoms with Gasteiger partial charge in [0.25, 0.3) is 0 Å². The van der Waals surface area contributed by atoms with Gasteiger partial charge >= 0.3 is 6.03 Å². The Morgan fingerprint density at radius 1 is 1.12 bits per heavy atom. The van der Waals surface area contributed by atoms with Gasteiger partial charge in [0.15, 0.2) is 0 Å². The Balaban J connectivity index is 2.15. The van der Waals surface area contributed by atoms with E-state index in [4.69, 9.17) is 17.3 Å². The van der Waals surface area contributed by atoms with Crippen molar-refractivity contribution in [2.24, 2.45) is 5.73 Å². The molecule has 0 aliphatic rings. The van der Waals surface area contributed by atoms with E-state index in [0.29, 0.717) is 10.6 Å². The number of nitrogens with one attached hydrogen (secondary N) is 2. The van der Waals surface area contributed by atoms with Crippen molar-refractivity contribution < 1.29 is 9.59 Å². The van der Waals surface area contributed by atoms with Gasteiger partial charge in [-0.15, -0.1) is 0 Å². The number of hydrogen-bond donors (Lipinski definition) is 3. The lowest BCUT2D eigenvalue weighted by Gasteiger charge is -2.19. The van der Waals surface area contributed by atoms with Crippen LogP contribution in [-0.4, -0.2) is 11.9 Å². The molecule has 0 bridgehead atoms. The van der Waals surface area contributed by atoms with E-state index >= 15 is 0 Å². The summed E-state index contributed by atoms with van der Waals surface area (Å²) < 4.78 is 0. The van der Waals surface area contributed by atoms with Crippen LogP contribution in [0.4, 0.5) is 10.5 Å². The van der Waals surface area contributed by atoms with E-state index in [2.05, 4.69) is 10.6 Å². The maximum atomic E-state index is 12.4. The van der Waals surface area contributed by atoms with Gasteiger partial charge in [0.05, 0.1) is 12.5 Å². The normalized spacial score (nSPS) is 11.6. The van der Waals surface area contributed by atoms with E-state index in [1.165, 1.54) is 0 Å². The highest BCUT2D eigenvalue weighted by atomic mass is 35.5. The Morgan fingerprint density at radius 2 is 1.75 bits per heavy atom. The molecule has 1 atom stereocenters. The molecule has 0 saturated heterocycles. The quantitative estimate of drug-likeness (QED) is 0.772. The van der Waals surface area contributed by atoms with E-state index in [1.54, 1.807) is 24.3 Å². The second kappa shape index (κ2) is 7.84. The highest BCUT2D eigenvalue weighted by Gasteiger charge is 2.19. The molecule has 24 heavy (non-hydrogen) atoms. The topological polar surface area (TPSA) is 84.2 Å². The van der Waals surface area contributed by atoms with Gasteiger partial charge < -0.3 is 16.4 Å². The minimum Gasteiger partial charge on any atom is -0.352 e. The van der Waals surface area contributed by atoms with Gasteiger partial charge in [0, 0.05) is 10.7 Å². The number of benzene rings is 2. The van der Waals surface area contributed by atoms with Crippen LogP contribution in [0.2, 0.25) is 5.02 Å². The van der Waals surface area contributed by atoms with Crippen molar-refractivity contribution in [2.75, 3.05) is 5.32 Å². The van der Waals surface area contributed by atoms with Gasteiger partial charge in [-0.2, -0.15) is 0 Å². The molecule has 0 aliphatic heterocycles.